The van der Waals surface area contributed by atoms with Gasteiger partial charge in [0.2, 0.25) is 0 Å². The Bertz CT molecular complexity index is 351. The van der Waals surface area contributed by atoms with Gasteiger partial charge in [0.05, 0.1) is 0 Å². The number of hydrogen-bond donors (Lipinski definition) is 2. The molecule has 0 aromatic carbocycles. The van der Waals surface area contributed by atoms with E-state index in [2.05, 4.69) is 10.3 Å². The van der Waals surface area contributed by atoms with E-state index in [4.69, 9.17) is 5.73 Å². The molecule has 1 fully saturated rings. The summed E-state index contributed by atoms with van der Waals surface area (Å²) < 4.78 is 0. The van der Waals surface area contributed by atoms with E-state index in [0.29, 0.717) is 5.25 Å². The van der Waals surface area contributed by atoms with Crippen molar-refractivity contribution in [1.82, 2.24) is 4.98 Å². The van der Waals surface area contributed by atoms with Crippen molar-refractivity contribution in [3.05, 3.63) is 17.8 Å². The van der Waals surface area contributed by atoms with E-state index in [9.17, 15) is 0 Å². The Kier molecular flexibility index (Phi) is 4.23. The Morgan fingerprint density at radius 3 is 3.12 bits per heavy atom. The number of hydrogen-bond acceptors (Lipinski definition) is 5. The molecule has 0 saturated carbocycles. The Balaban J connectivity index is 1.86. The number of nitrogens with one attached hydrogen (secondary N) is 1. The highest BCUT2D eigenvalue weighted by Gasteiger charge is 2.13. The average molecular weight is 255 g/mol. The van der Waals surface area contributed by atoms with E-state index >= 15 is 0 Å². The molecule has 1 aliphatic rings. The van der Waals surface area contributed by atoms with E-state index in [1.165, 1.54) is 17.3 Å². The van der Waals surface area contributed by atoms with Gasteiger partial charge in [-0.25, -0.2) is 4.98 Å². The topological polar surface area (TPSA) is 50.9 Å². The second-order valence-electron chi connectivity index (χ2n) is 3.87. The molecule has 1 atom stereocenters. The van der Waals surface area contributed by atoms with E-state index in [0.717, 1.165) is 23.6 Å². The average Bonchev–Trinajstić information content (AvgIpc) is 2.32. The van der Waals surface area contributed by atoms with Crippen LogP contribution in [0.15, 0.2) is 12.3 Å². The van der Waals surface area contributed by atoms with Crippen molar-refractivity contribution >= 4 is 35.0 Å². The van der Waals surface area contributed by atoms with E-state index in [1.807, 2.05) is 42.7 Å². The standard InChI is InChI=1S/C11H17N3S2/c1-8-5-13-11(4-10(8)12)14-6-9-7-15-2-3-16-9/h4-5,9H,2-3,6-7H2,1H3,(H3,12,13,14). The summed E-state index contributed by atoms with van der Waals surface area (Å²) in [6.45, 7) is 2.95. The molecule has 88 valence electrons. The lowest BCUT2D eigenvalue weighted by molar-refractivity contribution is 0.992. The number of rotatable bonds is 3. The number of aryl methyl sites for hydroxylation is 1. The van der Waals surface area contributed by atoms with Crippen LogP contribution in [0.25, 0.3) is 0 Å². The number of nitrogens with zero attached hydrogens (tertiary/aromatic N) is 1. The van der Waals surface area contributed by atoms with Crippen molar-refractivity contribution in [2.24, 2.45) is 0 Å². The molecule has 1 saturated heterocycles. The molecule has 1 aromatic rings. The van der Waals surface area contributed by atoms with Crippen LogP contribution >= 0.6 is 23.5 Å². The van der Waals surface area contributed by atoms with Crippen molar-refractivity contribution in [2.45, 2.75) is 12.2 Å². The maximum absolute atomic E-state index is 5.84. The highest BCUT2D eigenvalue weighted by molar-refractivity contribution is 8.06. The summed E-state index contributed by atoms with van der Waals surface area (Å²) >= 11 is 4.09. The zero-order chi connectivity index (χ0) is 11.4. The SMILES string of the molecule is Cc1cnc(NCC2CSCCS2)cc1N. The summed E-state index contributed by atoms with van der Waals surface area (Å²) in [6.07, 6.45) is 1.82. The molecule has 2 heterocycles. The predicted molar refractivity (Wildman–Crippen MR) is 75.4 cm³/mol. The number of nitrogen functional groups attached to an aromatic ring is 1. The number of aromatic nitrogens is 1. The Morgan fingerprint density at radius 1 is 1.56 bits per heavy atom. The van der Waals surface area contributed by atoms with Crippen LogP contribution in [0.3, 0.4) is 0 Å². The fourth-order valence-corrected chi connectivity index (χ4v) is 4.12. The molecule has 0 spiro atoms. The largest absolute Gasteiger partial charge is 0.398 e. The Morgan fingerprint density at radius 2 is 2.44 bits per heavy atom. The highest BCUT2D eigenvalue weighted by atomic mass is 32.2. The summed E-state index contributed by atoms with van der Waals surface area (Å²) in [7, 11) is 0. The minimum Gasteiger partial charge on any atom is -0.398 e. The smallest absolute Gasteiger partial charge is 0.127 e. The van der Waals surface area contributed by atoms with Gasteiger partial charge in [-0.05, 0) is 12.5 Å². The van der Waals surface area contributed by atoms with Gasteiger partial charge in [0.1, 0.15) is 5.82 Å². The molecular weight excluding hydrogens is 238 g/mol. The van der Waals surface area contributed by atoms with Gasteiger partial charge in [-0.2, -0.15) is 23.5 Å². The van der Waals surface area contributed by atoms with Gasteiger partial charge in [0, 0.05) is 47.0 Å². The molecule has 2 rings (SSSR count). The first-order valence-electron chi connectivity index (χ1n) is 5.41. The molecule has 0 bridgehead atoms. The first-order valence-corrected chi connectivity index (χ1v) is 7.61. The zero-order valence-corrected chi connectivity index (χ0v) is 11.0. The van der Waals surface area contributed by atoms with E-state index in [1.54, 1.807) is 0 Å². The number of pyridine rings is 1. The zero-order valence-electron chi connectivity index (χ0n) is 9.40. The molecule has 1 aromatic heterocycles. The van der Waals surface area contributed by atoms with Crippen molar-refractivity contribution in [3.8, 4) is 0 Å². The van der Waals surface area contributed by atoms with Gasteiger partial charge in [-0.15, -0.1) is 0 Å². The van der Waals surface area contributed by atoms with Crippen LogP contribution in [-0.4, -0.2) is 34.0 Å². The van der Waals surface area contributed by atoms with Gasteiger partial charge >= 0.3 is 0 Å². The van der Waals surface area contributed by atoms with Crippen LogP contribution in [0, 0.1) is 6.92 Å². The molecule has 1 unspecified atom stereocenters. The molecule has 0 radical (unpaired) electrons. The summed E-state index contributed by atoms with van der Waals surface area (Å²) in [6, 6.07) is 1.91. The quantitative estimate of drug-likeness (QED) is 0.867. The number of nitrogens with two attached hydrogens (primary N) is 1. The van der Waals surface area contributed by atoms with Crippen molar-refractivity contribution in [2.75, 3.05) is 34.9 Å². The number of thioether (sulfide) groups is 2. The first-order chi connectivity index (χ1) is 7.75. The van der Waals surface area contributed by atoms with Gasteiger partial charge in [0.25, 0.3) is 0 Å². The van der Waals surface area contributed by atoms with Crippen LogP contribution in [-0.2, 0) is 0 Å². The summed E-state index contributed by atoms with van der Waals surface area (Å²) in [5.41, 5.74) is 7.68. The van der Waals surface area contributed by atoms with E-state index < -0.39 is 0 Å². The molecule has 0 aliphatic carbocycles. The van der Waals surface area contributed by atoms with Gasteiger partial charge in [-0.1, -0.05) is 0 Å². The van der Waals surface area contributed by atoms with Crippen LogP contribution in [0.1, 0.15) is 5.56 Å². The summed E-state index contributed by atoms with van der Waals surface area (Å²) in [5, 5.41) is 4.05. The maximum atomic E-state index is 5.84. The highest BCUT2D eigenvalue weighted by Crippen LogP contribution is 2.24. The fraction of sp³-hybridized carbons (Fsp3) is 0.545. The third kappa shape index (κ3) is 3.22. The fourth-order valence-electron chi connectivity index (χ4n) is 1.51. The molecule has 3 nitrogen and oxygen atoms in total. The second-order valence-corrected chi connectivity index (χ2v) is 6.43. The van der Waals surface area contributed by atoms with Gasteiger partial charge < -0.3 is 11.1 Å². The third-order valence-electron chi connectivity index (χ3n) is 2.54. The molecule has 3 N–H and O–H groups in total. The van der Waals surface area contributed by atoms with Crippen LogP contribution in [0.2, 0.25) is 0 Å². The predicted octanol–water partition coefficient (Wildman–Crippen LogP) is 2.23. The maximum Gasteiger partial charge on any atom is 0.127 e. The van der Waals surface area contributed by atoms with Crippen LogP contribution < -0.4 is 11.1 Å². The molecular formula is C11H17N3S2. The lowest BCUT2D eigenvalue weighted by Crippen LogP contribution is -2.23. The normalized spacial score (nSPS) is 20.7. The minimum absolute atomic E-state index is 0.697. The Hall–Kier alpha value is -0.550. The van der Waals surface area contributed by atoms with Crippen molar-refractivity contribution in [3.63, 3.8) is 0 Å². The van der Waals surface area contributed by atoms with Crippen LogP contribution in [0.4, 0.5) is 11.5 Å². The second kappa shape index (κ2) is 5.68. The van der Waals surface area contributed by atoms with Crippen molar-refractivity contribution in [1.29, 1.82) is 0 Å². The minimum atomic E-state index is 0.697. The van der Waals surface area contributed by atoms with Gasteiger partial charge in [-0.3, -0.25) is 0 Å². The van der Waals surface area contributed by atoms with Crippen molar-refractivity contribution < 1.29 is 0 Å². The molecule has 5 heteroatoms. The summed E-state index contributed by atoms with van der Waals surface area (Å²) in [5.74, 6) is 4.68. The van der Waals surface area contributed by atoms with Gasteiger partial charge in [0.15, 0.2) is 0 Å². The molecule has 0 amide bonds. The monoisotopic (exact) mass is 255 g/mol. The number of anilines is 2. The first kappa shape index (κ1) is 11.9. The lowest BCUT2D eigenvalue weighted by atomic mass is 10.2. The Labute approximate surface area is 105 Å². The third-order valence-corrected chi connectivity index (χ3v) is 5.39. The lowest BCUT2D eigenvalue weighted by Gasteiger charge is -2.21. The molecule has 16 heavy (non-hydrogen) atoms. The molecule has 1 aliphatic heterocycles. The van der Waals surface area contributed by atoms with E-state index in [-0.39, 0.29) is 0 Å². The summed E-state index contributed by atoms with van der Waals surface area (Å²) in [4.78, 5) is 4.32. The van der Waals surface area contributed by atoms with Crippen LogP contribution in [0.5, 0.6) is 0 Å².